The third-order valence-electron chi connectivity index (χ3n) is 3.00. The fourth-order valence-corrected chi connectivity index (χ4v) is 3.25. The van der Waals surface area contributed by atoms with Gasteiger partial charge in [0.15, 0.2) is 8.32 Å². The summed E-state index contributed by atoms with van der Waals surface area (Å²) in [7, 11) is -1.60. The van der Waals surface area contributed by atoms with Gasteiger partial charge in [-0.25, -0.2) is 0 Å². The number of hydrogen-bond acceptors (Lipinski definition) is 1. The van der Waals surface area contributed by atoms with E-state index in [1.54, 1.807) is 0 Å². The number of rotatable bonds is 4. The minimum atomic E-state index is -1.60. The third kappa shape index (κ3) is 4.96. The van der Waals surface area contributed by atoms with Crippen molar-refractivity contribution in [3.8, 4) is 0 Å². The lowest BCUT2D eigenvalue weighted by atomic mass is 9.82. The van der Waals surface area contributed by atoms with E-state index in [2.05, 4.69) is 78.2 Å². The maximum Gasteiger partial charge on any atom is 0.184 e. The molecule has 0 amide bonds. The first-order valence-corrected chi connectivity index (χ1v) is 10.4. The number of hydrogen-bond donors (Lipinski definition) is 0. The highest BCUT2D eigenvalue weighted by Gasteiger charge is 2.32. The van der Waals surface area contributed by atoms with Crippen LogP contribution in [0.5, 0.6) is 0 Å². The zero-order valence-electron chi connectivity index (χ0n) is 13.5. The summed E-state index contributed by atoms with van der Waals surface area (Å²) in [5, 5.41) is 0. The molecule has 0 heterocycles. The molecular weight excluding hydrogens is 248 g/mol. The Hall–Kier alpha value is -0.863. The summed E-state index contributed by atoms with van der Waals surface area (Å²) >= 11 is 0. The van der Waals surface area contributed by atoms with Crippen molar-refractivity contribution in [1.29, 1.82) is 0 Å². The highest BCUT2D eigenvalue weighted by atomic mass is 28.4. The summed E-state index contributed by atoms with van der Waals surface area (Å²) < 4.78 is 6.39. The molecule has 0 bridgehead atoms. The van der Waals surface area contributed by atoms with Gasteiger partial charge >= 0.3 is 0 Å². The lowest BCUT2D eigenvalue weighted by Gasteiger charge is -2.37. The van der Waals surface area contributed by atoms with Gasteiger partial charge in [-0.05, 0) is 43.1 Å². The van der Waals surface area contributed by atoms with Gasteiger partial charge in [0, 0.05) is 0 Å². The molecule has 1 unspecified atom stereocenters. The molecule has 0 radical (unpaired) electrons. The second-order valence-corrected chi connectivity index (χ2v) is 11.8. The van der Waals surface area contributed by atoms with E-state index in [1.165, 1.54) is 11.1 Å². The van der Waals surface area contributed by atoms with Gasteiger partial charge in [0.25, 0.3) is 0 Å². The lowest BCUT2D eigenvalue weighted by molar-refractivity contribution is 0.131. The highest BCUT2D eigenvalue weighted by Crippen LogP contribution is 2.34. The molecule has 1 aromatic rings. The van der Waals surface area contributed by atoms with Crippen LogP contribution in [-0.2, 0) is 4.43 Å². The van der Waals surface area contributed by atoms with Gasteiger partial charge in [-0.2, -0.15) is 0 Å². The molecule has 0 spiro atoms. The Bertz CT molecular complexity index is 432. The zero-order chi connectivity index (χ0) is 14.8. The molecule has 1 aromatic carbocycles. The minimum absolute atomic E-state index is 0.0578. The van der Waals surface area contributed by atoms with E-state index in [0.717, 1.165) is 5.57 Å². The second-order valence-electron chi connectivity index (χ2n) is 7.37. The fourth-order valence-electron chi connectivity index (χ4n) is 2.04. The molecule has 0 saturated carbocycles. The Labute approximate surface area is 119 Å². The van der Waals surface area contributed by atoms with Crippen LogP contribution in [0.1, 0.15) is 31.9 Å². The van der Waals surface area contributed by atoms with Gasteiger partial charge < -0.3 is 4.43 Å². The molecule has 0 aliphatic carbocycles. The number of benzene rings is 1. The van der Waals surface area contributed by atoms with Crippen molar-refractivity contribution >= 4 is 13.9 Å². The summed E-state index contributed by atoms with van der Waals surface area (Å²) in [4.78, 5) is 0. The van der Waals surface area contributed by atoms with Gasteiger partial charge in [0.1, 0.15) is 0 Å². The van der Waals surface area contributed by atoms with Gasteiger partial charge in [-0.15, -0.1) is 0 Å². The average Bonchev–Trinajstić information content (AvgIpc) is 2.23. The molecule has 0 fully saturated rings. The second kappa shape index (κ2) is 5.64. The van der Waals surface area contributed by atoms with Crippen molar-refractivity contribution in [3.05, 3.63) is 42.0 Å². The van der Waals surface area contributed by atoms with E-state index >= 15 is 0 Å². The fraction of sp³-hybridized carbons (Fsp3) is 0.529. The van der Waals surface area contributed by atoms with Crippen LogP contribution in [0.4, 0.5) is 0 Å². The number of aryl methyl sites for hydroxylation is 1. The molecule has 106 valence electrons. The smallest absolute Gasteiger partial charge is 0.184 e. The Morgan fingerprint density at radius 2 is 1.58 bits per heavy atom. The first-order valence-electron chi connectivity index (χ1n) is 6.94. The molecule has 1 nitrogen and oxygen atoms in total. The van der Waals surface area contributed by atoms with E-state index in [1.807, 2.05) is 0 Å². The molecule has 0 saturated heterocycles. The van der Waals surface area contributed by atoms with Crippen LogP contribution in [-0.4, -0.2) is 14.4 Å². The van der Waals surface area contributed by atoms with Crippen molar-refractivity contribution in [3.63, 3.8) is 0 Å². The maximum atomic E-state index is 6.39. The topological polar surface area (TPSA) is 9.23 Å². The summed E-state index contributed by atoms with van der Waals surface area (Å²) in [6, 6.07) is 8.55. The van der Waals surface area contributed by atoms with Crippen molar-refractivity contribution in [2.24, 2.45) is 5.41 Å². The molecule has 0 aromatic heterocycles. The molecule has 19 heavy (non-hydrogen) atoms. The molecule has 1 rings (SSSR count). The predicted molar refractivity (Wildman–Crippen MR) is 87.9 cm³/mol. The van der Waals surface area contributed by atoms with E-state index in [-0.39, 0.29) is 11.5 Å². The Morgan fingerprint density at radius 1 is 1.11 bits per heavy atom. The van der Waals surface area contributed by atoms with Gasteiger partial charge in [-0.1, -0.05) is 57.2 Å². The SMILES string of the molecule is C=C(c1ccc(C)cc1)C(O[Si](C)(C)C)C(C)(C)C. The quantitative estimate of drug-likeness (QED) is 0.680. The zero-order valence-corrected chi connectivity index (χ0v) is 14.5. The monoisotopic (exact) mass is 276 g/mol. The standard InChI is InChI=1S/C17H28OSi/c1-13-9-11-15(12-10-13)14(2)16(17(3,4)5)18-19(6,7)8/h9-12,16H,2H2,1,3-8H3. The van der Waals surface area contributed by atoms with Gasteiger partial charge in [0.05, 0.1) is 6.10 Å². The molecular formula is C17H28OSi. The molecule has 0 N–H and O–H groups in total. The summed E-state index contributed by atoms with van der Waals surface area (Å²) in [5.74, 6) is 0. The third-order valence-corrected chi connectivity index (χ3v) is 3.94. The first-order chi connectivity index (χ1) is 8.50. The van der Waals surface area contributed by atoms with Crippen molar-refractivity contribution < 1.29 is 4.43 Å². The van der Waals surface area contributed by atoms with Crippen LogP contribution in [0, 0.1) is 12.3 Å². The first kappa shape index (κ1) is 16.2. The maximum absolute atomic E-state index is 6.39. The molecule has 2 heteroatoms. The van der Waals surface area contributed by atoms with Crippen LogP contribution in [0.15, 0.2) is 30.8 Å². The van der Waals surface area contributed by atoms with Crippen LogP contribution in [0.2, 0.25) is 19.6 Å². The summed E-state index contributed by atoms with van der Waals surface area (Å²) in [6.45, 7) is 19.8. The highest BCUT2D eigenvalue weighted by molar-refractivity contribution is 6.69. The van der Waals surface area contributed by atoms with E-state index in [0.29, 0.717) is 0 Å². The summed E-state index contributed by atoms with van der Waals surface area (Å²) in [5.41, 5.74) is 3.61. The average molecular weight is 276 g/mol. The minimum Gasteiger partial charge on any atom is -0.410 e. The Kier molecular flexibility index (Phi) is 4.80. The van der Waals surface area contributed by atoms with Crippen molar-refractivity contribution in [1.82, 2.24) is 0 Å². The van der Waals surface area contributed by atoms with E-state index < -0.39 is 8.32 Å². The normalized spacial score (nSPS) is 14.3. The van der Waals surface area contributed by atoms with E-state index in [4.69, 9.17) is 4.43 Å². The van der Waals surface area contributed by atoms with Gasteiger partial charge in [-0.3, -0.25) is 0 Å². The largest absolute Gasteiger partial charge is 0.410 e. The Morgan fingerprint density at radius 3 is 1.95 bits per heavy atom. The van der Waals surface area contributed by atoms with Crippen LogP contribution in [0.3, 0.4) is 0 Å². The van der Waals surface area contributed by atoms with Crippen LogP contribution in [0.25, 0.3) is 5.57 Å². The summed E-state index contributed by atoms with van der Waals surface area (Å²) in [6.07, 6.45) is 0.0712. The molecule has 1 atom stereocenters. The van der Waals surface area contributed by atoms with Crippen LogP contribution < -0.4 is 0 Å². The lowest BCUT2D eigenvalue weighted by Crippen LogP contribution is -2.39. The van der Waals surface area contributed by atoms with Crippen LogP contribution >= 0.6 is 0 Å². The van der Waals surface area contributed by atoms with Gasteiger partial charge in [0.2, 0.25) is 0 Å². The van der Waals surface area contributed by atoms with Crippen molar-refractivity contribution in [2.45, 2.75) is 53.4 Å². The predicted octanol–water partition coefficient (Wildman–Crippen LogP) is 5.27. The molecule has 0 aliphatic rings. The molecule has 0 aliphatic heterocycles. The Balaban J connectivity index is 3.05. The van der Waals surface area contributed by atoms with E-state index in [9.17, 15) is 0 Å². The van der Waals surface area contributed by atoms with Crippen molar-refractivity contribution in [2.75, 3.05) is 0 Å².